The van der Waals surface area contributed by atoms with Gasteiger partial charge in [-0.1, -0.05) is 0 Å². The van der Waals surface area contributed by atoms with Crippen LogP contribution >= 0.6 is 0 Å². The van der Waals surface area contributed by atoms with Crippen LogP contribution in [0.2, 0.25) is 0 Å². The second-order valence-corrected chi connectivity index (χ2v) is 26.3. The zero-order chi connectivity index (χ0) is 74.3. The molecule has 0 saturated carbocycles. The number of hydrogen-bond acceptors (Lipinski definition) is 18. The summed E-state index contributed by atoms with van der Waals surface area (Å²) in [6, 6.07) is 0.500. The van der Waals surface area contributed by atoms with Gasteiger partial charge in [0.2, 0.25) is 10.9 Å². The molecule has 2 amide bonds. The molecule has 0 unspecified atom stereocenters. The number of amides is 2. The number of fused-ring (bicyclic) bond motifs is 8. The number of aromatic nitrogens is 8. The summed E-state index contributed by atoms with van der Waals surface area (Å²) in [4.78, 5) is 107. The Kier molecular flexibility index (Phi) is 19.2. The van der Waals surface area contributed by atoms with E-state index in [0.717, 1.165) is 21.9 Å². The van der Waals surface area contributed by atoms with Crippen LogP contribution < -0.4 is 41.1 Å². The maximum Gasteiger partial charge on any atom is 0.414 e. The van der Waals surface area contributed by atoms with Gasteiger partial charge in [0.05, 0.1) is 79.3 Å². The number of halogens is 10. The van der Waals surface area contributed by atoms with Crippen molar-refractivity contribution in [2.24, 2.45) is 14.1 Å². The molecule has 0 radical (unpaired) electrons. The van der Waals surface area contributed by atoms with E-state index in [0.29, 0.717) is 0 Å². The van der Waals surface area contributed by atoms with Crippen molar-refractivity contribution in [3.8, 4) is 22.3 Å². The van der Waals surface area contributed by atoms with Crippen LogP contribution in [0.25, 0.3) is 88.2 Å². The van der Waals surface area contributed by atoms with E-state index in [4.69, 9.17) is 18.9 Å². The number of alkyl halides is 6. The molecule has 2 aliphatic rings. The molecule has 0 aliphatic carbocycles. The predicted octanol–water partition coefficient (Wildman–Crippen LogP) is 11.6. The van der Waals surface area contributed by atoms with Gasteiger partial charge in [0.1, 0.15) is 57.0 Å². The van der Waals surface area contributed by atoms with Crippen molar-refractivity contribution >= 4 is 113 Å². The van der Waals surface area contributed by atoms with E-state index in [9.17, 15) is 55.1 Å². The van der Waals surface area contributed by atoms with Crippen LogP contribution in [0.3, 0.4) is 0 Å². The quantitative estimate of drug-likeness (QED) is 0.0563. The van der Waals surface area contributed by atoms with Crippen molar-refractivity contribution in [2.75, 3.05) is 86.2 Å². The van der Waals surface area contributed by atoms with Crippen molar-refractivity contribution in [3.05, 3.63) is 116 Å². The molecule has 24 nitrogen and oxygen atoms in total. The number of piperazine rings is 2. The van der Waals surface area contributed by atoms with E-state index in [1.54, 1.807) is 69.5 Å². The fourth-order valence-electron chi connectivity index (χ4n) is 12.4. The fraction of sp³-hybridized carbons (Fsp3) is 0.382. The highest BCUT2D eigenvalue weighted by molar-refractivity contribution is 6.21. The maximum atomic E-state index is 16.0. The summed E-state index contributed by atoms with van der Waals surface area (Å²) < 4.78 is 171. The Hall–Kier alpha value is -10.6. The van der Waals surface area contributed by atoms with Gasteiger partial charge in [-0.05, 0) is 67.5 Å². The van der Waals surface area contributed by atoms with Gasteiger partial charge in [0.15, 0.2) is 23.3 Å². The first-order valence-electron chi connectivity index (χ1n) is 31.8. The first-order chi connectivity index (χ1) is 47.8. The number of aromatic amines is 2. The predicted molar refractivity (Wildman–Crippen MR) is 360 cm³/mol. The number of rotatable bonds is 10. The molecule has 4 N–H and O–H groups in total. The Morgan fingerprint density at radius 3 is 1.25 bits per heavy atom. The van der Waals surface area contributed by atoms with E-state index in [-0.39, 0.29) is 161 Å². The standard InChI is InChI=1S/2C34H34F5N7O5/c2*1-7-50-31(48)19-14-44(5)30-17(28(19)47)10-16(12-42-30)18-13-41-29-24(27(18)46-9-8-40-22(15-46)34(37,38)39)23-25(36)20(35)11-21(26(23)43-29)45(6)32(49)51-33(2,3)4/h2*10-14,22,40H,7-9,15H2,1-6H3,(H,41,43)/t2*22-/m10/s1. The van der Waals surface area contributed by atoms with Crippen molar-refractivity contribution in [2.45, 2.75) is 91.0 Å². The molecule has 2 aromatic carbocycles. The van der Waals surface area contributed by atoms with Gasteiger partial charge in [-0.25, -0.2) is 56.7 Å². The number of aryl methyl sites for hydroxylation is 2. The minimum atomic E-state index is -4.65. The molecular formula is C68H68F10N14O10. The lowest BCUT2D eigenvalue weighted by Gasteiger charge is -2.37. The van der Waals surface area contributed by atoms with Gasteiger partial charge in [-0.15, -0.1) is 0 Å². The first-order valence-corrected chi connectivity index (χ1v) is 31.8. The number of hydrogen-bond donors (Lipinski definition) is 4. The summed E-state index contributed by atoms with van der Waals surface area (Å²) in [5, 5.41) is 4.05. The number of nitrogens with zero attached hydrogens (tertiary/aromatic N) is 10. The summed E-state index contributed by atoms with van der Waals surface area (Å²) in [5.41, 5.74) is -2.92. The molecule has 2 saturated heterocycles. The second-order valence-electron chi connectivity index (χ2n) is 26.3. The molecule has 2 aliphatic heterocycles. The molecule has 12 rings (SSSR count). The number of nitrogens with one attached hydrogen (secondary N) is 4. The molecule has 8 aromatic heterocycles. The van der Waals surface area contributed by atoms with Gasteiger partial charge < -0.3 is 58.5 Å². The highest BCUT2D eigenvalue weighted by atomic mass is 19.4. The average Bonchev–Trinajstić information content (AvgIpc) is 1.51. The minimum Gasteiger partial charge on any atom is -0.462 e. The Balaban J connectivity index is 0.000000205. The third-order valence-corrected chi connectivity index (χ3v) is 17.0. The van der Waals surface area contributed by atoms with Crippen LogP contribution in [0.4, 0.5) is 76.2 Å². The Morgan fingerprint density at radius 2 is 0.912 bits per heavy atom. The molecule has 540 valence electrons. The molecule has 34 heteroatoms. The SMILES string of the molecule is CCOC(=O)c1cn(C)c2ncc(-c3cnc4[nH]c5c(N(C)C(=O)OC(C)(C)C)cc(F)c(F)c5c4c3N3CCN[C@@H](C(F)(F)F)C3)cc2c1=O.CCOC(=O)c1cn(C)c2ncc(-c3cnc4[nH]c5c(N(C)C(=O)OC(C)(C)C)cc(F)c(F)c5c4c3N3CCN[C@H](C(F)(F)F)C3)cc2c1=O. The molecule has 2 atom stereocenters. The Bertz CT molecular complexity index is 4880. The largest absolute Gasteiger partial charge is 0.462 e. The molecular weight excluding hydrogens is 1360 g/mol. The number of benzene rings is 2. The van der Waals surface area contributed by atoms with E-state index in [1.807, 2.05) is 0 Å². The highest BCUT2D eigenvalue weighted by Gasteiger charge is 2.45. The van der Waals surface area contributed by atoms with Crippen LogP contribution in [0.1, 0.15) is 76.1 Å². The summed E-state index contributed by atoms with van der Waals surface area (Å²) in [7, 11) is 5.76. The van der Waals surface area contributed by atoms with Crippen LogP contribution in [0, 0.1) is 23.3 Å². The minimum absolute atomic E-state index is 0.00231. The number of H-pyrrole nitrogens is 2. The van der Waals surface area contributed by atoms with Gasteiger partial charge in [0, 0.05) is 139 Å². The summed E-state index contributed by atoms with van der Waals surface area (Å²) in [6.07, 6.45) is -3.06. The van der Waals surface area contributed by atoms with E-state index in [2.05, 4.69) is 40.5 Å². The van der Waals surface area contributed by atoms with Crippen LogP contribution in [-0.4, -0.2) is 165 Å². The average molecular weight is 1430 g/mol. The Morgan fingerprint density at radius 1 is 0.549 bits per heavy atom. The van der Waals surface area contributed by atoms with Crippen LogP contribution in [-0.2, 0) is 33.0 Å². The number of ether oxygens (including phenoxy) is 4. The summed E-state index contributed by atoms with van der Waals surface area (Å²) in [5.74, 6) is -7.02. The lowest BCUT2D eigenvalue weighted by Crippen LogP contribution is -2.57. The van der Waals surface area contributed by atoms with Gasteiger partial charge >= 0.3 is 36.5 Å². The fourth-order valence-corrected chi connectivity index (χ4v) is 12.4. The van der Waals surface area contributed by atoms with Crippen LogP contribution in [0.5, 0.6) is 0 Å². The van der Waals surface area contributed by atoms with E-state index >= 15 is 17.6 Å². The molecule has 10 heterocycles. The van der Waals surface area contributed by atoms with Crippen molar-refractivity contribution in [1.82, 2.24) is 49.7 Å². The van der Waals surface area contributed by atoms with Gasteiger partial charge in [0.25, 0.3) is 0 Å². The van der Waals surface area contributed by atoms with Crippen LogP contribution in [0.15, 0.2) is 71.0 Å². The number of carbonyl (C=O) groups excluding carboxylic acids is 4. The number of esters is 2. The monoisotopic (exact) mass is 1430 g/mol. The van der Waals surface area contributed by atoms with Crippen molar-refractivity contribution < 1.29 is 82.0 Å². The Labute approximate surface area is 572 Å². The molecule has 0 bridgehead atoms. The lowest BCUT2D eigenvalue weighted by atomic mass is 10.00. The van der Waals surface area contributed by atoms with E-state index in [1.165, 1.54) is 82.3 Å². The van der Waals surface area contributed by atoms with Gasteiger partial charge in [-0.3, -0.25) is 19.4 Å². The zero-order valence-electron chi connectivity index (χ0n) is 56.9. The topological polar surface area (TPSA) is 269 Å². The number of anilines is 4. The number of pyridine rings is 6. The van der Waals surface area contributed by atoms with Gasteiger partial charge in [-0.2, -0.15) is 26.3 Å². The van der Waals surface area contributed by atoms with Crippen molar-refractivity contribution in [3.63, 3.8) is 0 Å². The normalized spacial score (nSPS) is 15.5. The lowest BCUT2D eigenvalue weighted by molar-refractivity contribution is -0.156. The smallest absolute Gasteiger partial charge is 0.414 e. The third-order valence-electron chi connectivity index (χ3n) is 17.0. The number of carbonyl (C=O) groups is 4. The zero-order valence-corrected chi connectivity index (χ0v) is 56.9. The highest BCUT2D eigenvalue weighted by Crippen LogP contribution is 2.47. The summed E-state index contributed by atoms with van der Waals surface area (Å²) in [6.45, 7) is 11.6. The summed E-state index contributed by atoms with van der Waals surface area (Å²) >= 11 is 0. The second kappa shape index (κ2) is 27.0. The molecule has 102 heavy (non-hydrogen) atoms. The van der Waals surface area contributed by atoms with Crippen molar-refractivity contribution in [1.29, 1.82) is 0 Å². The van der Waals surface area contributed by atoms with E-state index < -0.39 is 107 Å². The molecule has 2 fully saturated rings. The first kappa shape index (κ1) is 72.6. The molecule has 10 aromatic rings. The maximum absolute atomic E-state index is 16.0. The molecule has 0 spiro atoms. The third kappa shape index (κ3) is 13.7.